The number of amides is 1. The van der Waals surface area contributed by atoms with Gasteiger partial charge in [-0.15, -0.1) is 0 Å². The predicted molar refractivity (Wildman–Crippen MR) is 69.6 cm³/mol. The Morgan fingerprint density at radius 1 is 1.11 bits per heavy atom. The van der Waals surface area contributed by atoms with Crippen molar-refractivity contribution in [3.63, 3.8) is 0 Å². The van der Waals surface area contributed by atoms with Crippen LogP contribution >= 0.6 is 0 Å². The molecule has 1 aliphatic carbocycles. The molecule has 19 heavy (non-hydrogen) atoms. The van der Waals surface area contributed by atoms with Crippen molar-refractivity contribution in [3.8, 4) is 0 Å². The number of hydrogen-bond acceptors (Lipinski definition) is 3. The molecule has 1 heterocycles. The Bertz CT molecular complexity index is 317. The smallest absolute Gasteiger partial charge is 0.306 e. The second-order valence-corrected chi connectivity index (χ2v) is 5.70. The largest absolute Gasteiger partial charge is 0.481 e. The van der Waals surface area contributed by atoms with Crippen LogP contribution < -0.4 is 5.32 Å². The third kappa shape index (κ3) is 4.20. The van der Waals surface area contributed by atoms with E-state index in [0.29, 0.717) is 38.1 Å². The Kier molecular flexibility index (Phi) is 5.19. The van der Waals surface area contributed by atoms with Crippen LogP contribution in [-0.2, 0) is 14.3 Å². The molecule has 1 atom stereocenters. The summed E-state index contributed by atoms with van der Waals surface area (Å²) in [5.41, 5.74) is 0. The summed E-state index contributed by atoms with van der Waals surface area (Å²) >= 11 is 0. The van der Waals surface area contributed by atoms with Gasteiger partial charge in [0, 0.05) is 25.7 Å². The molecule has 2 rings (SSSR count). The van der Waals surface area contributed by atoms with Crippen molar-refractivity contribution in [1.29, 1.82) is 0 Å². The Morgan fingerprint density at radius 3 is 2.37 bits per heavy atom. The third-order valence-electron chi connectivity index (χ3n) is 4.32. The maximum Gasteiger partial charge on any atom is 0.306 e. The summed E-state index contributed by atoms with van der Waals surface area (Å²) in [5.74, 6) is -0.277. The van der Waals surface area contributed by atoms with Gasteiger partial charge >= 0.3 is 5.97 Å². The predicted octanol–water partition coefficient (Wildman–Crippen LogP) is 1.42. The quantitative estimate of drug-likeness (QED) is 0.791. The fourth-order valence-corrected chi connectivity index (χ4v) is 2.96. The van der Waals surface area contributed by atoms with Gasteiger partial charge in [0.15, 0.2) is 0 Å². The second kappa shape index (κ2) is 6.89. The van der Waals surface area contributed by atoms with Crippen LogP contribution in [-0.4, -0.2) is 36.7 Å². The summed E-state index contributed by atoms with van der Waals surface area (Å²) in [7, 11) is 0. The molecule has 5 nitrogen and oxygen atoms in total. The summed E-state index contributed by atoms with van der Waals surface area (Å²) in [6, 6.07) is 0. The minimum atomic E-state index is -0.722. The molecule has 2 aliphatic rings. The molecular weight excluding hydrogens is 246 g/mol. The number of ether oxygens (including phenoxy) is 1. The topological polar surface area (TPSA) is 75.6 Å². The first kappa shape index (κ1) is 14.3. The van der Waals surface area contributed by atoms with Crippen LogP contribution in [0.4, 0.5) is 0 Å². The van der Waals surface area contributed by atoms with Crippen molar-refractivity contribution < 1.29 is 19.4 Å². The van der Waals surface area contributed by atoms with E-state index < -0.39 is 5.97 Å². The minimum Gasteiger partial charge on any atom is -0.481 e. The highest BCUT2D eigenvalue weighted by molar-refractivity contribution is 5.79. The molecule has 0 aromatic rings. The van der Waals surface area contributed by atoms with Crippen molar-refractivity contribution in [2.75, 3.05) is 19.8 Å². The van der Waals surface area contributed by atoms with E-state index in [0.717, 1.165) is 26.1 Å². The zero-order valence-electron chi connectivity index (χ0n) is 11.3. The molecule has 5 heteroatoms. The molecule has 2 fully saturated rings. The van der Waals surface area contributed by atoms with Crippen LogP contribution in [0.5, 0.6) is 0 Å². The number of nitrogens with one attached hydrogen (secondary N) is 1. The first-order valence-electron chi connectivity index (χ1n) is 7.25. The highest BCUT2D eigenvalue weighted by atomic mass is 16.5. The van der Waals surface area contributed by atoms with Crippen LogP contribution in [0, 0.1) is 17.8 Å². The number of carbonyl (C=O) groups excluding carboxylic acids is 1. The number of carboxylic acids is 1. The van der Waals surface area contributed by atoms with Gasteiger partial charge in [-0.05, 0) is 44.4 Å². The molecule has 0 bridgehead atoms. The van der Waals surface area contributed by atoms with Crippen LogP contribution in [0.15, 0.2) is 0 Å². The van der Waals surface area contributed by atoms with Crippen molar-refractivity contribution in [3.05, 3.63) is 0 Å². The molecule has 0 aromatic carbocycles. The zero-order chi connectivity index (χ0) is 13.7. The highest BCUT2D eigenvalue weighted by Gasteiger charge is 2.29. The molecule has 1 saturated carbocycles. The second-order valence-electron chi connectivity index (χ2n) is 5.70. The lowest BCUT2D eigenvalue weighted by Gasteiger charge is -2.25. The highest BCUT2D eigenvalue weighted by Crippen LogP contribution is 2.29. The first-order valence-corrected chi connectivity index (χ1v) is 7.25. The molecule has 2 N–H and O–H groups in total. The van der Waals surface area contributed by atoms with Gasteiger partial charge in [-0.25, -0.2) is 0 Å². The number of carboxylic acid groups (broad SMARTS) is 1. The van der Waals surface area contributed by atoms with Crippen LogP contribution in [0.2, 0.25) is 0 Å². The standard InChI is InChI=1S/C14H23NO4/c16-13(15-7-5-10-6-8-19-9-10)11-1-3-12(4-2-11)14(17)18/h10-12H,1-9H2,(H,15,16)(H,17,18). The summed E-state index contributed by atoms with van der Waals surface area (Å²) in [5, 5.41) is 11.9. The van der Waals surface area contributed by atoms with Gasteiger partial charge in [-0.1, -0.05) is 0 Å². The van der Waals surface area contributed by atoms with Crippen LogP contribution in [0.1, 0.15) is 38.5 Å². The first-order chi connectivity index (χ1) is 9.16. The summed E-state index contributed by atoms with van der Waals surface area (Å²) in [4.78, 5) is 22.8. The van der Waals surface area contributed by atoms with Gasteiger partial charge < -0.3 is 15.2 Å². The third-order valence-corrected chi connectivity index (χ3v) is 4.32. The lowest BCUT2D eigenvalue weighted by Crippen LogP contribution is -2.35. The van der Waals surface area contributed by atoms with Crippen molar-refractivity contribution >= 4 is 11.9 Å². The SMILES string of the molecule is O=C(O)C1CCC(C(=O)NCCC2CCOC2)CC1. The van der Waals surface area contributed by atoms with E-state index in [2.05, 4.69) is 5.32 Å². The van der Waals surface area contributed by atoms with Gasteiger partial charge in [0.05, 0.1) is 5.92 Å². The average molecular weight is 269 g/mol. The van der Waals surface area contributed by atoms with Gasteiger partial charge in [0.1, 0.15) is 0 Å². The summed E-state index contributed by atoms with van der Waals surface area (Å²) < 4.78 is 5.30. The van der Waals surface area contributed by atoms with E-state index in [-0.39, 0.29) is 17.7 Å². The molecule has 0 radical (unpaired) electrons. The molecule has 0 aromatic heterocycles. The van der Waals surface area contributed by atoms with Crippen molar-refractivity contribution in [2.24, 2.45) is 17.8 Å². The number of aliphatic carboxylic acids is 1. The van der Waals surface area contributed by atoms with E-state index >= 15 is 0 Å². The van der Waals surface area contributed by atoms with E-state index in [9.17, 15) is 9.59 Å². The van der Waals surface area contributed by atoms with Gasteiger partial charge in [-0.3, -0.25) is 9.59 Å². The van der Waals surface area contributed by atoms with Crippen molar-refractivity contribution in [1.82, 2.24) is 5.32 Å². The molecular formula is C14H23NO4. The fraction of sp³-hybridized carbons (Fsp3) is 0.857. The monoisotopic (exact) mass is 269 g/mol. The molecule has 1 aliphatic heterocycles. The Hall–Kier alpha value is -1.10. The maximum atomic E-state index is 12.0. The molecule has 0 spiro atoms. The maximum absolute atomic E-state index is 12.0. The fourth-order valence-electron chi connectivity index (χ4n) is 2.96. The average Bonchev–Trinajstić information content (AvgIpc) is 2.92. The molecule has 1 saturated heterocycles. The number of carbonyl (C=O) groups is 2. The van der Waals surface area contributed by atoms with Gasteiger partial charge in [-0.2, -0.15) is 0 Å². The normalized spacial score (nSPS) is 31.1. The number of rotatable bonds is 5. The zero-order valence-corrected chi connectivity index (χ0v) is 11.3. The van der Waals surface area contributed by atoms with Gasteiger partial charge in [0.2, 0.25) is 5.91 Å². The Balaban J connectivity index is 1.62. The lowest BCUT2D eigenvalue weighted by atomic mass is 9.81. The van der Waals surface area contributed by atoms with Gasteiger partial charge in [0.25, 0.3) is 0 Å². The minimum absolute atomic E-state index is 0.00966. The molecule has 108 valence electrons. The summed E-state index contributed by atoms with van der Waals surface area (Å²) in [6.07, 6.45) is 4.74. The van der Waals surface area contributed by atoms with Crippen molar-refractivity contribution in [2.45, 2.75) is 38.5 Å². The molecule has 1 amide bonds. The van der Waals surface area contributed by atoms with E-state index in [1.54, 1.807) is 0 Å². The number of hydrogen-bond donors (Lipinski definition) is 2. The van der Waals surface area contributed by atoms with E-state index in [1.807, 2.05) is 0 Å². The Morgan fingerprint density at radius 2 is 1.79 bits per heavy atom. The van der Waals surface area contributed by atoms with Crippen LogP contribution in [0.3, 0.4) is 0 Å². The Labute approximate surface area is 113 Å². The summed E-state index contributed by atoms with van der Waals surface area (Å²) in [6.45, 7) is 2.38. The molecule has 1 unspecified atom stereocenters. The lowest BCUT2D eigenvalue weighted by molar-refractivity contribution is -0.144. The van der Waals surface area contributed by atoms with E-state index in [4.69, 9.17) is 9.84 Å². The van der Waals surface area contributed by atoms with Crippen LogP contribution in [0.25, 0.3) is 0 Å². The van der Waals surface area contributed by atoms with E-state index in [1.165, 1.54) is 0 Å².